The fourth-order valence-corrected chi connectivity index (χ4v) is 4.90. The maximum absolute atomic E-state index is 6.39. The highest BCUT2D eigenvalue weighted by atomic mass is 32.2. The molecule has 0 bridgehead atoms. The van der Waals surface area contributed by atoms with Gasteiger partial charge in [-0.3, -0.25) is 4.98 Å². The molecular weight excluding hydrogens is 400 g/mol. The average molecular weight is 417 g/mol. The number of nitrogens with zero attached hydrogens (tertiary/aromatic N) is 4. The Labute approximate surface area is 175 Å². The monoisotopic (exact) mass is 416 g/mol. The van der Waals surface area contributed by atoms with Crippen molar-refractivity contribution >= 4 is 60.9 Å². The second-order valence-electron chi connectivity index (χ2n) is 6.49. The van der Waals surface area contributed by atoms with E-state index in [-0.39, 0.29) is 0 Å². The third kappa shape index (κ3) is 3.48. The molecule has 2 aromatic carbocycles. The summed E-state index contributed by atoms with van der Waals surface area (Å²) in [7, 11) is 0. The molecule has 0 saturated heterocycles. The standard InChI is InChI=1S/C21H16N6S2/c1-12-7-8-14-16(10-12)29-21(26-14)27-19-17(22)20(25-11-24-19)28-15-6-2-4-13-5-3-9-23-18(13)15/h2-11H,22H2,1H3,(H,24,25,26,27). The molecule has 3 aromatic heterocycles. The molecule has 0 aliphatic heterocycles. The van der Waals surface area contributed by atoms with Gasteiger partial charge in [-0.1, -0.05) is 47.4 Å². The van der Waals surface area contributed by atoms with Crippen LogP contribution in [-0.4, -0.2) is 19.9 Å². The molecule has 5 aromatic rings. The van der Waals surface area contributed by atoms with E-state index in [0.29, 0.717) is 16.5 Å². The number of anilines is 3. The lowest BCUT2D eigenvalue weighted by atomic mass is 10.2. The predicted octanol–water partition coefficient (Wildman–Crippen LogP) is 5.42. The number of aromatic nitrogens is 4. The van der Waals surface area contributed by atoms with Crippen LogP contribution in [0.4, 0.5) is 16.6 Å². The number of thiazole rings is 1. The Hall–Kier alpha value is -3.23. The van der Waals surface area contributed by atoms with Crippen LogP contribution in [0.5, 0.6) is 0 Å². The number of nitrogen functional groups attached to an aromatic ring is 1. The lowest BCUT2D eigenvalue weighted by molar-refractivity contribution is 1.06. The minimum absolute atomic E-state index is 0.487. The molecule has 0 radical (unpaired) electrons. The van der Waals surface area contributed by atoms with Crippen molar-refractivity contribution < 1.29 is 0 Å². The molecule has 142 valence electrons. The van der Waals surface area contributed by atoms with Crippen LogP contribution in [-0.2, 0) is 0 Å². The van der Waals surface area contributed by atoms with Gasteiger partial charge in [-0.2, -0.15) is 0 Å². The second-order valence-corrected chi connectivity index (χ2v) is 8.55. The van der Waals surface area contributed by atoms with Crippen molar-refractivity contribution in [1.29, 1.82) is 0 Å². The normalized spacial score (nSPS) is 11.2. The second kappa shape index (κ2) is 7.31. The fraction of sp³-hybridized carbons (Fsp3) is 0.0476. The van der Waals surface area contributed by atoms with E-state index in [1.807, 2.05) is 36.4 Å². The van der Waals surface area contributed by atoms with E-state index in [1.54, 1.807) is 17.5 Å². The summed E-state index contributed by atoms with van der Waals surface area (Å²) in [5.74, 6) is 0.548. The van der Waals surface area contributed by atoms with Gasteiger partial charge in [0.05, 0.1) is 15.7 Å². The summed E-state index contributed by atoms with van der Waals surface area (Å²) >= 11 is 3.05. The van der Waals surface area contributed by atoms with E-state index in [1.165, 1.54) is 23.7 Å². The van der Waals surface area contributed by atoms with Gasteiger partial charge in [-0.05, 0) is 36.8 Å². The number of fused-ring (bicyclic) bond motifs is 2. The summed E-state index contributed by atoms with van der Waals surface area (Å²) in [5, 5.41) is 5.75. The molecule has 0 spiro atoms. The van der Waals surface area contributed by atoms with Crippen LogP contribution in [0.2, 0.25) is 0 Å². The number of nitrogens with one attached hydrogen (secondary N) is 1. The zero-order valence-electron chi connectivity index (χ0n) is 15.5. The number of para-hydroxylation sites is 1. The molecule has 0 aliphatic rings. The van der Waals surface area contributed by atoms with Gasteiger partial charge in [0, 0.05) is 16.5 Å². The van der Waals surface area contributed by atoms with E-state index in [4.69, 9.17) is 5.73 Å². The molecule has 5 rings (SSSR count). The van der Waals surface area contributed by atoms with Crippen molar-refractivity contribution in [3.05, 3.63) is 66.6 Å². The number of nitrogens with two attached hydrogens (primary N) is 1. The SMILES string of the molecule is Cc1ccc2nc(Nc3ncnc(Sc4cccc5cccnc45)c3N)sc2c1. The Balaban J connectivity index is 1.47. The average Bonchev–Trinajstić information content (AvgIpc) is 3.12. The highest BCUT2D eigenvalue weighted by Crippen LogP contribution is 2.37. The molecule has 0 amide bonds. The Morgan fingerprint density at radius 2 is 1.93 bits per heavy atom. The smallest absolute Gasteiger partial charge is 0.189 e. The van der Waals surface area contributed by atoms with Gasteiger partial charge in [-0.25, -0.2) is 15.0 Å². The van der Waals surface area contributed by atoms with Crippen LogP contribution in [0.25, 0.3) is 21.1 Å². The minimum Gasteiger partial charge on any atom is -0.394 e. The Kier molecular flexibility index (Phi) is 4.49. The van der Waals surface area contributed by atoms with Crippen LogP contribution in [0.1, 0.15) is 5.56 Å². The molecular formula is C21H16N6S2. The zero-order valence-corrected chi connectivity index (χ0v) is 17.1. The van der Waals surface area contributed by atoms with E-state index >= 15 is 0 Å². The maximum Gasteiger partial charge on any atom is 0.189 e. The van der Waals surface area contributed by atoms with Crippen LogP contribution < -0.4 is 11.1 Å². The number of hydrogen-bond acceptors (Lipinski definition) is 8. The first-order valence-electron chi connectivity index (χ1n) is 8.94. The number of benzene rings is 2. The number of aryl methyl sites for hydroxylation is 1. The molecule has 6 nitrogen and oxygen atoms in total. The first-order chi connectivity index (χ1) is 14.2. The minimum atomic E-state index is 0.487. The van der Waals surface area contributed by atoms with Gasteiger partial charge in [-0.15, -0.1) is 0 Å². The highest BCUT2D eigenvalue weighted by Gasteiger charge is 2.13. The number of rotatable bonds is 4. The summed E-state index contributed by atoms with van der Waals surface area (Å²) < 4.78 is 1.12. The van der Waals surface area contributed by atoms with Gasteiger partial charge in [0.1, 0.15) is 17.0 Å². The zero-order chi connectivity index (χ0) is 19.8. The van der Waals surface area contributed by atoms with E-state index in [0.717, 1.165) is 31.1 Å². The van der Waals surface area contributed by atoms with Crippen molar-refractivity contribution in [2.24, 2.45) is 0 Å². The molecule has 8 heteroatoms. The van der Waals surface area contributed by atoms with Gasteiger partial charge in [0.15, 0.2) is 10.9 Å². The molecule has 3 N–H and O–H groups in total. The highest BCUT2D eigenvalue weighted by molar-refractivity contribution is 7.99. The summed E-state index contributed by atoms with van der Waals surface area (Å²) in [6.45, 7) is 2.07. The fourth-order valence-electron chi connectivity index (χ4n) is 3.01. The van der Waals surface area contributed by atoms with Gasteiger partial charge in [0.25, 0.3) is 0 Å². The Morgan fingerprint density at radius 1 is 1.03 bits per heavy atom. The van der Waals surface area contributed by atoms with Gasteiger partial charge in [0.2, 0.25) is 0 Å². The Bertz CT molecular complexity index is 1340. The van der Waals surface area contributed by atoms with E-state index < -0.39 is 0 Å². The van der Waals surface area contributed by atoms with Crippen molar-refractivity contribution in [3.63, 3.8) is 0 Å². The summed E-state index contributed by atoms with van der Waals surface area (Å²) in [5.41, 5.74) is 9.96. The first kappa shape index (κ1) is 17.8. The van der Waals surface area contributed by atoms with Crippen molar-refractivity contribution in [1.82, 2.24) is 19.9 Å². The summed E-state index contributed by atoms with van der Waals surface area (Å²) in [6.07, 6.45) is 3.30. The molecule has 29 heavy (non-hydrogen) atoms. The largest absolute Gasteiger partial charge is 0.394 e. The summed E-state index contributed by atoms with van der Waals surface area (Å²) in [6, 6.07) is 16.2. The van der Waals surface area contributed by atoms with Crippen molar-refractivity contribution in [2.75, 3.05) is 11.1 Å². The lowest BCUT2D eigenvalue weighted by Crippen LogP contribution is -2.02. The molecule has 0 atom stereocenters. The lowest BCUT2D eigenvalue weighted by Gasteiger charge is -2.10. The topological polar surface area (TPSA) is 89.6 Å². The van der Waals surface area contributed by atoms with Crippen molar-refractivity contribution in [3.8, 4) is 0 Å². The van der Waals surface area contributed by atoms with Crippen LogP contribution in [0, 0.1) is 6.92 Å². The first-order valence-corrected chi connectivity index (χ1v) is 10.6. The Morgan fingerprint density at radius 3 is 2.86 bits per heavy atom. The third-order valence-electron chi connectivity index (χ3n) is 4.42. The number of pyridine rings is 1. The molecule has 0 saturated carbocycles. The maximum atomic E-state index is 6.39. The predicted molar refractivity (Wildman–Crippen MR) is 120 cm³/mol. The molecule has 0 aliphatic carbocycles. The van der Waals surface area contributed by atoms with Crippen LogP contribution in [0.15, 0.2) is 71.0 Å². The van der Waals surface area contributed by atoms with Crippen LogP contribution in [0.3, 0.4) is 0 Å². The quantitative estimate of drug-likeness (QED) is 0.378. The van der Waals surface area contributed by atoms with E-state index in [9.17, 15) is 0 Å². The summed E-state index contributed by atoms with van der Waals surface area (Å²) in [4.78, 5) is 18.8. The van der Waals surface area contributed by atoms with Gasteiger partial charge >= 0.3 is 0 Å². The molecule has 0 unspecified atom stereocenters. The molecule has 0 fully saturated rings. The third-order valence-corrected chi connectivity index (χ3v) is 6.42. The van der Waals surface area contributed by atoms with Crippen molar-refractivity contribution in [2.45, 2.75) is 16.8 Å². The van der Waals surface area contributed by atoms with E-state index in [2.05, 4.69) is 44.3 Å². The van der Waals surface area contributed by atoms with Gasteiger partial charge < -0.3 is 11.1 Å². The number of hydrogen-bond donors (Lipinski definition) is 2. The van der Waals surface area contributed by atoms with Crippen LogP contribution >= 0.6 is 23.1 Å². The molecule has 3 heterocycles.